The number of carbonyl (C=O) groups excluding carboxylic acids is 1. The Hall–Kier alpha value is -1.12. The Morgan fingerprint density at radius 1 is 1.81 bits per heavy atom. The molecule has 0 saturated carbocycles. The normalized spacial score (nSPS) is 27.1. The van der Waals surface area contributed by atoms with Gasteiger partial charge < -0.3 is 5.32 Å². The predicted molar refractivity (Wildman–Crippen MR) is 68.2 cm³/mol. The zero-order valence-corrected chi connectivity index (χ0v) is 11.1. The molecule has 0 aliphatic carbocycles. The van der Waals surface area contributed by atoms with E-state index in [1.807, 2.05) is 5.51 Å². The Kier molecular flexibility index (Phi) is 3.41. The Labute approximate surface area is 101 Å². The molecule has 2 rings (SSSR count). The van der Waals surface area contributed by atoms with Gasteiger partial charge in [-0.05, 0) is 12.0 Å². The smallest absolute Gasteiger partial charge is 0.220 e. The van der Waals surface area contributed by atoms with E-state index in [0.29, 0.717) is 12.1 Å². The van der Waals surface area contributed by atoms with Crippen molar-refractivity contribution in [2.24, 2.45) is 0 Å². The van der Waals surface area contributed by atoms with Crippen molar-refractivity contribution in [2.45, 2.75) is 24.1 Å². The Bertz CT molecular complexity index is 412. The summed E-state index contributed by atoms with van der Waals surface area (Å²) in [7, 11) is -0.880. The maximum absolute atomic E-state index is 11.7. The van der Waals surface area contributed by atoms with E-state index in [1.165, 1.54) is 0 Å². The van der Waals surface area contributed by atoms with Crippen LogP contribution in [0.5, 0.6) is 0 Å². The van der Waals surface area contributed by atoms with Gasteiger partial charge in [0.15, 0.2) is 0 Å². The molecule has 1 aromatic rings. The van der Waals surface area contributed by atoms with E-state index in [9.17, 15) is 4.79 Å². The summed E-state index contributed by atoms with van der Waals surface area (Å²) in [5.74, 6) is 2.58. The highest BCUT2D eigenvalue weighted by Crippen LogP contribution is 2.51. The molecule has 3 unspecified atom stereocenters. The van der Waals surface area contributed by atoms with E-state index in [-0.39, 0.29) is 11.4 Å². The lowest BCUT2D eigenvalue weighted by molar-refractivity contribution is -0.120. The van der Waals surface area contributed by atoms with Gasteiger partial charge in [0.05, 0.1) is 26.5 Å². The minimum atomic E-state index is -0.880. The van der Waals surface area contributed by atoms with Crippen LogP contribution in [0, 0.1) is 12.3 Å². The summed E-state index contributed by atoms with van der Waals surface area (Å²) in [4.78, 5) is 16.0. The van der Waals surface area contributed by atoms with E-state index < -0.39 is 8.80 Å². The van der Waals surface area contributed by atoms with Crippen molar-refractivity contribution in [3.8, 4) is 12.3 Å². The number of carbonyl (C=O) groups is 1. The predicted octanol–water partition coefficient (Wildman–Crippen LogP) is 1.05. The van der Waals surface area contributed by atoms with Crippen molar-refractivity contribution in [3.63, 3.8) is 0 Å². The number of hydrogen-bond donors (Lipinski definition) is 1. The lowest BCUT2D eigenvalue weighted by Crippen LogP contribution is -2.24. The molecular weight excluding hydrogens is 236 g/mol. The quantitative estimate of drug-likeness (QED) is 0.641. The fourth-order valence-electron chi connectivity index (χ4n) is 2.13. The van der Waals surface area contributed by atoms with Crippen LogP contribution in [0.15, 0.2) is 10.9 Å². The number of hydrogen-bond acceptors (Lipinski definition) is 3. The highest BCUT2D eigenvalue weighted by molar-refractivity contribution is 7.07. The first-order valence-electron chi connectivity index (χ1n) is 5.32. The van der Waals surface area contributed by atoms with Crippen LogP contribution in [0.25, 0.3) is 0 Å². The maximum atomic E-state index is 11.7. The third kappa shape index (κ3) is 2.34. The Morgan fingerprint density at radius 3 is 3.25 bits per heavy atom. The molecule has 1 N–H and O–H groups in total. The minimum Gasteiger partial charge on any atom is -0.345 e. The Morgan fingerprint density at radius 2 is 2.62 bits per heavy atom. The molecule has 0 bridgehead atoms. The van der Waals surface area contributed by atoms with Crippen LogP contribution >= 0.6 is 11.3 Å². The van der Waals surface area contributed by atoms with E-state index in [4.69, 9.17) is 6.42 Å². The number of rotatable bonds is 4. The van der Waals surface area contributed by atoms with Crippen LogP contribution in [0.3, 0.4) is 0 Å². The number of terminal acetylenes is 1. The average molecular weight is 250 g/mol. The SMILES string of the molecule is C#CCNC(=O)C1C(Cc2cscn2)[SiH]1C. The summed E-state index contributed by atoms with van der Waals surface area (Å²) in [5, 5.41) is 4.84. The van der Waals surface area contributed by atoms with Crippen LogP contribution in [0.4, 0.5) is 0 Å². The standard InChI is InChI=1S/C11H14N2OSSi/c1-3-4-12-11(14)10-9(16(10)2)5-8-6-15-7-13-8/h1,6-7,9-10,16H,4-5H2,2H3,(H,12,14). The highest BCUT2D eigenvalue weighted by atomic mass is 32.1. The number of nitrogens with zero attached hydrogens (tertiary/aromatic N) is 1. The van der Waals surface area contributed by atoms with E-state index in [0.717, 1.165) is 12.1 Å². The summed E-state index contributed by atoms with van der Waals surface area (Å²) < 4.78 is 0. The molecule has 1 fully saturated rings. The fourth-order valence-corrected chi connectivity index (χ4v) is 5.98. The monoisotopic (exact) mass is 250 g/mol. The fraction of sp³-hybridized carbons (Fsp3) is 0.455. The van der Waals surface area contributed by atoms with Gasteiger partial charge in [0.2, 0.25) is 5.91 Å². The van der Waals surface area contributed by atoms with Gasteiger partial charge in [0.25, 0.3) is 0 Å². The first-order chi connectivity index (χ1) is 7.74. The third-order valence-corrected chi connectivity index (χ3v) is 7.22. The van der Waals surface area contributed by atoms with Crippen molar-refractivity contribution in [3.05, 3.63) is 16.6 Å². The van der Waals surface area contributed by atoms with Crippen molar-refractivity contribution < 1.29 is 4.79 Å². The van der Waals surface area contributed by atoms with E-state index in [1.54, 1.807) is 11.3 Å². The molecule has 1 aromatic heterocycles. The van der Waals surface area contributed by atoms with E-state index >= 15 is 0 Å². The number of amides is 1. The molecule has 1 aliphatic rings. The molecule has 1 saturated heterocycles. The highest BCUT2D eigenvalue weighted by Gasteiger charge is 2.52. The van der Waals surface area contributed by atoms with Crippen molar-refractivity contribution >= 4 is 26.0 Å². The molecule has 1 amide bonds. The molecule has 5 heteroatoms. The topological polar surface area (TPSA) is 42.0 Å². The molecule has 2 heterocycles. The minimum absolute atomic E-state index is 0.150. The van der Waals surface area contributed by atoms with Gasteiger partial charge in [0, 0.05) is 10.9 Å². The second-order valence-corrected chi connectivity index (χ2v) is 8.17. The summed E-state index contributed by atoms with van der Waals surface area (Å²) in [5.41, 5.74) is 3.80. The van der Waals surface area contributed by atoms with Gasteiger partial charge in [-0.15, -0.1) is 17.8 Å². The molecular formula is C11H14N2OSSi. The van der Waals surface area contributed by atoms with Gasteiger partial charge in [-0.2, -0.15) is 0 Å². The number of aromatic nitrogens is 1. The van der Waals surface area contributed by atoms with Crippen LogP contribution in [-0.2, 0) is 11.2 Å². The zero-order chi connectivity index (χ0) is 11.5. The second kappa shape index (κ2) is 4.81. The van der Waals surface area contributed by atoms with Gasteiger partial charge in [-0.1, -0.05) is 12.5 Å². The zero-order valence-electron chi connectivity index (χ0n) is 9.14. The second-order valence-electron chi connectivity index (χ2n) is 4.15. The van der Waals surface area contributed by atoms with Crippen LogP contribution in [0.1, 0.15) is 5.69 Å². The molecule has 0 radical (unpaired) electrons. The summed E-state index contributed by atoms with van der Waals surface area (Å²) in [6.45, 7) is 2.59. The molecule has 16 heavy (non-hydrogen) atoms. The average Bonchev–Trinajstić information content (AvgIpc) is 2.69. The molecule has 0 aromatic carbocycles. The number of nitrogens with one attached hydrogen (secondary N) is 1. The molecule has 3 atom stereocenters. The van der Waals surface area contributed by atoms with Gasteiger partial charge in [-0.3, -0.25) is 4.79 Å². The molecule has 84 valence electrons. The van der Waals surface area contributed by atoms with Gasteiger partial charge in [0.1, 0.15) is 0 Å². The van der Waals surface area contributed by atoms with Gasteiger partial charge in [-0.25, -0.2) is 4.98 Å². The summed E-state index contributed by atoms with van der Waals surface area (Å²) in [6.07, 6.45) is 6.08. The first-order valence-corrected chi connectivity index (χ1v) is 8.75. The van der Waals surface area contributed by atoms with Gasteiger partial charge >= 0.3 is 0 Å². The lowest BCUT2D eigenvalue weighted by Gasteiger charge is -1.99. The number of thiazole rings is 1. The molecule has 1 aliphatic heterocycles. The van der Waals surface area contributed by atoms with Crippen LogP contribution < -0.4 is 5.32 Å². The molecule has 0 spiro atoms. The maximum Gasteiger partial charge on any atom is 0.220 e. The van der Waals surface area contributed by atoms with Crippen molar-refractivity contribution in [1.29, 1.82) is 0 Å². The van der Waals surface area contributed by atoms with E-state index in [2.05, 4.69) is 28.1 Å². The third-order valence-electron chi connectivity index (χ3n) is 3.16. The summed E-state index contributed by atoms with van der Waals surface area (Å²) >= 11 is 1.61. The molecule has 3 nitrogen and oxygen atoms in total. The summed E-state index contributed by atoms with van der Waals surface area (Å²) in [6, 6.07) is 0. The lowest BCUT2D eigenvalue weighted by atomic mass is 10.2. The van der Waals surface area contributed by atoms with Crippen LogP contribution in [0.2, 0.25) is 17.6 Å². The van der Waals surface area contributed by atoms with Crippen molar-refractivity contribution in [1.82, 2.24) is 10.3 Å². The van der Waals surface area contributed by atoms with Crippen molar-refractivity contribution in [2.75, 3.05) is 6.54 Å². The van der Waals surface area contributed by atoms with Crippen LogP contribution in [-0.4, -0.2) is 26.2 Å². The largest absolute Gasteiger partial charge is 0.345 e. The first kappa shape index (κ1) is 11.4. The Balaban J connectivity index is 1.86.